The number of hydrogen-bond donors (Lipinski definition) is 1. The molecule has 1 saturated heterocycles. The number of ether oxygens (including phenoxy) is 2. The predicted octanol–water partition coefficient (Wildman–Crippen LogP) is 3.52. The first-order valence-electron chi connectivity index (χ1n) is 9.97. The van der Waals surface area contributed by atoms with Gasteiger partial charge in [0.25, 0.3) is 11.6 Å². The SMILES string of the molecule is COc1cc([N+](=O)[O-])ccc1N1C[C@H](C(=O)OCC(=O)Nc2ccc(Br)c(C)c2C)CC1=O. The van der Waals surface area contributed by atoms with Gasteiger partial charge in [0.05, 0.1) is 29.7 Å². The minimum Gasteiger partial charge on any atom is -0.494 e. The molecule has 0 bridgehead atoms. The lowest BCUT2D eigenvalue weighted by Gasteiger charge is -2.19. The molecular weight excluding hydrogens is 498 g/mol. The lowest BCUT2D eigenvalue weighted by atomic mass is 10.1. The van der Waals surface area contributed by atoms with Crippen molar-refractivity contribution in [3.63, 3.8) is 0 Å². The smallest absolute Gasteiger partial charge is 0.311 e. The minimum atomic E-state index is -0.776. The summed E-state index contributed by atoms with van der Waals surface area (Å²) in [5.41, 5.74) is 2.63. The fraction of sp³-hybridized carbons (Fsp3) is 0.318. The Hall–Kier alpha value is -3.47. The first-order valence-corrected chi connectivity index (χ1v) is 10.8. The maximum absolute atomic E-state index is 12.5. The number of halogens is 1. The fourth-order valence-electron chi connectivity index (χ4n) is 3.47. The van der Waals surface area contributed by atoms with Gasteiger partial charge in [-0.05, 0) is 43.2 Å². The summed E-state index contributed by atoms with van der Waals surface area (Å²) in [6.07, 6.45) is -0.106. The van der Waals surface area contributed by atoms with Crippen molar-refractivity contribution in [2.24, 2.45) is 5.92 Å². The van der Waals surface area contributed by atoms with Crippen molar-refractivity contribution in [2.45, 2.75) is 20.3 Å². The Morgan fingerprint density at radius 1 is 1.24 bits per heavy atom. The number of nitro groups is 1. The van der Waals surface area contributed by atoms with Crippen LogP contribution in [0.1, 0.15) is 17.5 Å². The zero-order valence-corrected chi connectivity index (χ0v) is 19.8. The third-order valence-corrected chi connectivity index (χ3v) is 6.32. The highest BCUT2D eigenvalue weighted by molar-refractivity contribution is 9.10. The molecule has 1 N–H and O–H groups in total. The lowest BCUT2D eigenvalue weighted by Crippen LogP contribution is -2.28. The van der Waals surface area contributed by atoms with Gasteiger partial charge in [0.2, 0.25) is 5.91 Å². The number of anilines is 2. The predicted molar refractivity (Wildman–Crippen MR) is 123 cm³/mol. The van der Waals surface area contributed by atoms with Gasteiger partial charge in [-0.2, -0.15) is 0 Å². The maximum Gasteiger partial charge on any atom is 0.311 e. The third kappa shape index (κ3) is 5.30. The minimum absolute atomic E-state index is 0.0124. The quantitative estimate of drug-likeness (QED) is 0.336. The summed E-state index contributed by atoms with van der Waals surface area (Å²) in [6, 6.07) is 7.43. The van der Waals surface area contributed by atoms with Gasteiger partial charge in [0, 0.05) is 29.2 Å². The second kappa shape index (κ2) is 9.99. The van der Waals surface area contributed by atoms with Crippen molar-refractivity contribution >= 4 is 50.8 Å². The summed E-state index contributed by atoms with van der Waals surface area (Å²) >= 11 is 3.43. The second-order valence-corrected chi connectivity index (χ2v) is 8.37. The number of methoxy groups -OCH3 is 1. The largest absolute Gasteiger partial charge is 0.494 e. The van der Waals surface area contributed by atoms with Crippen LogP contribution in [0.4, 0.5) is 17.1 Å². The number of nitrogens with zero attached hydrogens (tertiary/aromatic N) is 2. The van der Waals surface area contributed by atoms with E-state index in [0.29, 0.717) is 11.4 Å². The Morgan fingerprint density at radius 3 is 2.64 bits per heavy atom. The van der Waals surface area contributed by atoms with Crippen molar-refractivity contribution < 1.29 is 28.8 Å². The average molecular weight is 520 g/mol. The van der Waals surface area contributed by atoms with E-state index in [0.717, 1.165) is 15.6 Å². The van der Waals surface area contributed by atoms with Crippen LogP contribution in [0.25, 0.3) is 0 Å². The molecule has 1 aliphatic rings. The first-order chi connectivity index (χ1) is 15.6. The van der Waals surface area contributed by atoms with Crippen molar-refractivity contribution in [1.82, 2.24) is 0 Å². The number of nitro benzene ring substituents is 1. The molecule has 1 heterocycles. The van der Waals surface area contributed by atoms with Crippen LogP contribution in [-0.2, 0) is 19.1 Å². The molecule has 0 aromatic heterocycles. The van der Waals surface area contributed by atoms with Crippen LogP contribution < -0.4 is 15.0 Å². The van der Waals surface area contributed by atoms with Gasteiger partial charge in [0.1, 0.15) is 5.75 Å². The van der Waals surface area contributed by atoms with E-state index in [1.807, 2.05) is 19.9 Å². The first kappa shape index (κ1) is 24.2. The topological polar surface area (TPSA) is 128 Å². The number of carbonyl (C=O) groups is 3. The highest BCUT2D eigenvalue weighted by Gasteiger charge is 2.37. The molecule has 0 saturated carbocycles. The van der Waals surface area contributed by atoms with Crippen LogP contribution in [0.3, 0.4) is 0 Å². The van der Waals surface area contributed by atoms with Gasteiger partial charge in [-0.25, -0.2) is 0 Å². The summed E-state index contributed by atoms with van der Waals surface area (Å²) in [5.74, 6) is -2.15. The number of carbonyl (C=O) groups excluding carboxylic acids is 3. The van der Waals surface area contributed by atoms with E-state index in [-0.39, 0.29) is 30.3 Å². The fourth-order valence-corrected chi connectivity index (χ4v) is 3.89. The molecule has 3 rings (SSSR count). The Bertz CT molecular complexity index is 1140. The molecule has 11 heteroatoms. The van der Waals surface area contributed by atoms with E-state index in [9.17, 15) is 24.5 Å². The Morgan fingerprint density at radius 2 is 1.97 bits per heavy atom. The van der Waals surface area contributed by atoms with Crippen LogP contribution in [-0.4, -0.2) is 43.0 Å². The molecule has 1 aliphatic heterocycles. The number of benzene rings is 2. The number of rotatable bonds is 7. The van der Waals surface area contributed by atoms with E-state index < -0.39 is 29.3 Å². The van der Waals surface area contributed by atoms with E-state index in [1.54, 1.807) is 6.07 Å². The molecule has 2 amide bonds. The highest BCUT2D eigenvalue weighted by Crippen LogP contribution is 2.36. The number of nitrogens with one attached hydrogen (secondary N) is 1. The Kier molecular flexibility index (Phi) is 7.32. The summed E-state index contributed by atoms with van der Waals surface area (Å²) in [4.78, 5) is 49.0. The zero-order chi connectivity index (χ0) is 24.3. The van der Waals surface area contributed by atoms with Crippen molar-refractivity contribution in [3.05, 3.63) is 56.0 Å². The summed E-state index contributed by atoms with van der Waals surface area (Å²) < 4.78 is 11.2. The van der Waals surface area contributed by atoms with Crippen molar-refractivity contribution in [3.8, 4) is 5.75 Å². The van der Waals surface area contributed by atoms with Crippen LogP contribution in [0.2, 0.25) is 0 Å². The molecule has 2 aromatic rings. The van der Waals surface area contributed by atoms with Gasteiger partial charge in [0.15, 0.2) is 6.61 Å². The van der Waals surface area contributed by atoms with Gasteiger partial charge >= 0.3 is 5.97 Å². The zero-order valence-electron chi connectivity index (χ0n) is 18.2. The van der Waals surface area contributed by atoms with E-state index in [1.165, 1.54) is 30.2 Å². The molecule has 1 fully saturated rings. The van der Waals surface area contributed by atoms with Crippen molar-refractivity contribution in [1.29, 1.82) is 0 Å². The molecule has 0 unspecified atom stereocenters. The van der Waals surface area contributed by atoms with Crippen LogP contribution >= 0.6 is 15.9 Å². The van der Waals surface area contributed by atoms with Crippen LogP contribution in [0, 0.1) is 29.9 Å². The van der Waals surface area contributed by atoms with Gasteiger partial charge < -0.3 is 19.7 Å². The van der Waals surface area contributed by atoms with Gasteiger partial charge in [-0.15, -0.1) is 0 Å². The third-order valence-electron chi connectivity index (χ3n) is 5.46. The van der Waals surface area contributed by atoms with Gasteiger partial charge in [-0.3, -0.25) is 24.5 Å². The molecular formula is C22H22BrN3O7. The number of esters is 1. The normalized spacial score (nSPS) is 15.3. The van der Waals surface area contributed by atoms with Crippen LogP contribution in [0.15, 0.2) is 34.8 Å². The maximum atomic E-state index is 12.5. The molecule has 1 atom stereocenters. The Labute approximate surface area is 198 Å². The number of non-ortho nitro benzene ring substituents is 1. The van der Waals surface area contributed by atoms with Crippen LogP contribution in [0.5, 0.6) is 5.75 Å². The van der Waals surface area contributed by atoms with Crippen molar-refractivity contribution in [2.75, 3.05) is 30.5 Å². The molecule has 174 valence electrons. The summed E-state index contributed by atoms with van der Waals surface area (Å²) in [6.45, 7) is 3.31. The Balaban J connectivity index is 1.61. The van der Waals surface area contributed by atoms with Gasteiger partial charge in [-0.1, -0.05) is 15.9 Å². The average Bonchev–Trinajstić information content (AvgIpc) is 3.18. The molecule has 0 radical (unpaired) electrons. The molecule has 0 spiro atoms. The molecule has 33 heavy (non-hydrogen) atoms. The number of amides is 2. The molecule has 0 aliphatic carbocycles. The van der Waals surface area contributed by atoms with E-state index >= 15 is 0 Å². The molecule has 10 nitrogen and oxygen atoms in total. The second-order valence-electron chi connectivity index (χ2n) is 7.52. The lowest BCUT2D eigenvalue weighted by molar-refractivity contribution is -0.384. The monoisotopic (exact) mass is 519 g/mol. The molecule has 2 aromatic carbocycles. The number of hydrogen-bond acceptors (Lipinski definition) is 7. The van der Waals surface area contributed by atoms with E-state index in [2.05, 4.69) is 21.2 Å². The summed E-state index contributed by atoms with van der Waals surface area (Å²) in [5, 5.41) is 13.7. The summed E-state index contributed by atoms with van der Waals surface area (Å²) in [7, 11) is 1.34. The highest BCUT2D eigenvalue weighted by atomic mass is 79.9. The van der Waals surface area contributed by atoms with E-state index in [4.69, 9.17) is 9.47 Å². The standard InChI is InChI=1S/C22H22BrN3O7/c1-12-13(2)17(6-5-16(12)23)24-20(27)11-33-22(29)14-8-21(28)25(10-14)18-7-4-15(26(30)31)9-19(18)32-3/h4-7,9,14H,8,10-11H2,1-3H3,(H,24,27)/t14-/m1/s1.